The summed E-state index contributed by atoms with van der Waals surface area (Å²) < 4.78 is 1.51. The Hall–Kier alpha value is -2.09. The zero-order valence-corrected chi connectivity index (χ0v) is 12.2. The van der Waals surface area contributed by atoms with Gasteiger partial charge in [-0.1, -0.05) is 0 Å². The van der Waals surface area contributed by atoms with E-state index in [9.17, 15) is 14.7 Å². The van der Waals surface area contributed by atoms with Crippen LogP contribution in [0.3, 0.4) is 0 Å². The number of carbonyl (C=O) groups is 2. The quantitative estimate of drug-likeness (QED) is 0.722. The van der Waals surface area contributed by atoms with Crippen molar-refractivity contribution in [1.82, 2.24) is 25.3 Å². The van der Waals surface area contributed by atoms with Crippen molar-refractivity contribution in [3.8, 4) is 0 Å². The number of aryl methyl sites for hydroxylation is 1. The average Bonchev–Trinajstić information content (AvgIpc) is 2.90. The maximum atomic E-state index is 12.2. The van der Waals surface area contributed by atoms with Crippen molar-refractivity contribution in [3.63, 3.8) is 0 Å². The highest BCUT2D eigenvalue weighted by Gasteiger charge is 2.28. The number of hydrogen-bond acceptors (Lipinski definition) is 4. The molecule has 2 heterocycles. The summed E-state index contributed by atoms with van der Waals surface area (Å²) in [5.74, 6) is -1.10. The normalized spacial score (nSPS) is 17.2. The molecule has 2 amide bonds. The minimum absolute atomic E-state index is 0.134. The van der Waals surface area contributed by atoms with Crippen LogP contribution in [0.15, 0.2) is 12.4 Å². The van der Waals surface area contributed by atoms with Crippen molar-refractivity contribution < 1.29 is 14.7 Å². The van der Waals surface area contributed by atoms with E-state index >= 15 is 0 Å². The van der Waals surface area contributed by atoms with E-state index in [0.29, 0.717) is 5.56 Å². The fourth-order valence-corrected chi connectivity index (χ4v) is 2.46. The van der Waals surface area contributed by atoms with Gasteiger partial charge in [0, 0.05) is 31.9 Å². The lowest BCUT2D eigenvalue weighted by Crippen LogP contribution is -2.49. The SMILES string of the molecule is CN(C(=O)NC(C(=O)O)c1cnn(C)c1)C1CCNCC1. The molecule has 1 fully saturated rings. The van der Waals surface area contributed by atoms with Gasteiger partial charge in [-0.25, -0.2) is 9.59 Å². The van der Waals surface area contributed by atoms with Gasteiger partial charge in [0.1, 0.15) is 0 Å². The van der Waals surface area contributed by atoms with Crippen LogP contribution in [0.5, 0.6) is 0 Å². The van der Waals surface area contributed by atoms with Crippen molar-refractivity contribution in [3.05, 3.63) is 18.0 Å². The summed E-state index contributed by atoms with van der Waals surface area (Å²) in [5.41, 5.74) is 0.456. The van der Waals surface area contributed by atoms with Gasteiger partial charge in [-0.2, -0.15) is 5.10 Å². The number of amides is 2. The molecular weight excluding hydrogens is 274 g/mol. The summed E-state index contributed by atoms with van der Waals surface area (Å²) in [5, 5.41) is 19.0. The van der Waals surface area contributed by atoms with Crippen LogP contribution >= 0.6 is 0 Å². The van der Waals surface area contributed by atoms with Gasteiger partial charge in [-0.15, -0.1) is 0 Å². The largest absolute Gasteiger partial charge is 0.479 e. The summed E-state index contributed by atoms with van der Waals surface area (Å²) in [7, 11) is 3.40. The van der Waals surface area contributed by atoms with Crippen LogP contribution in [0.25, 0.3) is 0 Å². The molecule has 1 aromatic heterocycles. The van der Waals surface area contributed by atoms with Gasteiger partial charge in [-0.05, 0) is 25.9 Å². The van der Waals surface area contributed by atoms with Gasteiger partial charge < -0.3 is 20.6 Å². The van der Waals surface area contributed by atoms with Crippen molar-refractivity contribution in [2.75, 3.05) is 20.1 Å². The van der Waals surface area contributed by atoms with Gasteiger partial charge in [0.2, 0.25) is 0 Å². The first-order valence-corrected chi connectivity index (χ1v) is 6.94. The van der Waals surface area contributed by atoms with Crippen LogP contribution in [0.4, 0.5) is 4.79 Å². The van der Waals surface area contributed by atoms with Gasteiger partial charge in [0.05, 0.1) is 6.20 Å². The number of carbonyl (C=O) groups excluding carboxylic acids is 1. The molecule has 0 bridgehead atoms. The second kappa shape index (κ2) is 6.57. The summed E-state index contributed by atoms with van der Waals surface area (Å²) in [4.78, 5) is 25.2. The predicted octanol–water partition coefficient (Wildman–Crippen LogP) is -0.0608. The first-order valence-electron chi connectivity index (χ1n) is 6.94. The third-order valence-electron chi connectivity index (χ3n) is 3.75. The van der Waals surface area contributed by atoms with E-state index in [0.717, 1.165) is 25.9 Å². The Labute approximate surface area is 123 Å². The van der Waals surface area contributed by atoms with E-state index in [1.165, 1.54) is 10.9 Å². The lowest BCUT2D eigenvalue weighted by atomic mass is 10.1. The molecule has 0 radical (unpaired) electrons. The predicted molar refractivity (Wildman–Crippen MR) is 75.8 cm³/mol. The molecule has 1 aliphatic rings. The standard InChI is InChI=1S/C13H21N5O3/c1-17-8-9(7-15-17)11(12(19)20)16-13(21)18(2)10-3-5-14-6-4-10/h7-8,10-11,14H,3-6H2,1-2H3,(H,16,21)(H,19,20). The Bertz CT molecular complexity index is 510. The monoisotopic (exact) mass is 295 g/mol. The first-order chi connectivity index (χ1) is 9.99. The zero-order valence-electron chi connectivity index (χ0n) is 12.2. The second-order valence-corrected chi connectivity index (χ2v) is 5.26. The minimum Gasteiger partial charge on any atom is -0.479 e. The molecule has 1 aromatic rings. The lowest BCUT2D eigenvalue weighted by Gasteiger charge is -2.32. The first kappa shape index (κ1) is 15.3. The highest BCUT2D eigenvalue weighted by atomic mass is 16.4. The fourth-order valence-electron chi connectivity index (χ4n) is 2.46. The average molecular weight is 295 g/mol. The van der Waals surface area contributed by atoms with E-state index in [2.05, 4.69) is 15.7 Å². The Morgan fingerprint density at radius 2 is 2.19 bits per heavy atom. The Morgan fingerprint density at radius 3 is 2.71 bits per heavy atom. The molecule has 21 heavy (non-hydrogen) atoms. The molecule has 1 unspecified atom stereocenters. The molecule has 8 heteroatoms. The molecule has 1 aliphatic heterocycles. The summed E-state index contributed by atoms with van der Waals surface area (Å²) in [6.07, 6.45) is 4.77. The van der Waals surface area contributed by atoms with Crippen molar-refractivity contribution in [1.29, 1.82) is 0 Å². The number of nitrogens with zero attached hydrogens (tertiary/aromatic N) is 3. The fraction of sp³-hybridized carbons (Fsp3) is 0.615. The number of aromatic nitrogens is 2. The van der Waals surface area contributed by atoms with Crippen molar-refractivity contribution in [2.24, 2.45) is 7.05 Å². The number of nitrogens with one attached hydrogen (secondary N) is 2. The Kier molecular flexibility index (Phi) is 4.79. The van der Waals surface area contributed by atoms with E-state index in [4.69, 9.17) is 0 Å². The summed E-state index contributed by atoms with van der Waals surface area (Å²) in [6, 6.07) is -1.33. The lowest BCUT2D eigenvalue weighted by molar-refractivity contribution is -0.139. The minimum atomic E-state index is -1.10. The van der Waals surface area contributed by atoms with Gasteiger partial charge in [0.15, 0.2) is 6.04 Å². The number of carboxylic acid groups (broad SMARTS) is 1. The Morgan fingerprint density at radius 1 is 1.52 bits per heavy atom. The number of urea groups is 1. The maximum absolute atomic E-state index is 12.2. The van der Waals surface area contributed by atoms with E-state index in [-0.39, 0.29) is 12.1 Å². The zero-order chi connectivity index (χ0) is 15.4. The van der Waals surface area contributed by atoms with Crippen LogP contribution in [-0.2, 0) is 11.8 Å². The molecule has 3 N–H and O–H groups in total. The molecule has 0 aromatic carbocycles. The molecule has 2 rings (SSSR count). The number of carboxylic acids is 1. The molecule has 1 atom stereocenters. The topological polar surface area (TPSA) is 99.5 Å². The molecule has 0 aliphatic carbocycles. The summed E-state index contributed by atoms with van der Waals surface area (Å²) >= 11 is 0. The number of rotatable bonds is 4. The van der Waals surface area contributed by atoms with Gasteiger partial charge in [0.25, 0.3) is 0 Å². The maximum Gasteiger partial charge on any atom is 0.331 e. The molecular formula is C13H21N5O3. The van der Waals surface area contributed by atoms with Crippen LogP contribution < -0.4 is 10.6 Å². The highest BCUT2D eigenvalue weighted by molar-refractivity contribution is 5.83. The van der Waals surface area contributed by atoms with E-state index < -0.39 is 12.0 Å². The third-order valence-corrected chi connectivity index (χ3v) is 3.75. The van der Waals surface area contributed by atoms with Crippen LogP contribution in [0.1, 0.15) is 24.4 Å². The third kappa shape index (κ3) is 3.72. The smallest absolute Gasteiger partial charge is 0.331 e. The van der Waals surface area contributed by atoms with E-state index in [1.54, 1.807) is 25.2 Å². The number of hydrogen-bond donors (Lipinski definition) is 3. The molecule has 116 valence electrons. The number of aliphatic carboxylic acids is 1. The molecule has 8 nitrogen and oxygen atoms in total. The second-order valence-electron chi connectivity index (χ2n) is 5.26. The number of piperidine rings is 1. The van der Waals surface area contributed by atoms with E-state index in [1.807, 2.05) is 0 Å². The van der Waals surface area contributed by atoms with Crippen molar-refractivity contribution >= 4 is 12.0 Å². The Balaban J connectivity index is 2.02. The van der Waals surface area contributed by atoms with Crippen LogP contribution in [0, 0.1) is 0 Å². The van der Waals surface area contributed by atoms with Crippen molar-refractivity contribution in [2.45, 2.75) is 24.9 Å². The molecule has 0 spiro atoms. The van der Waals surface area contributed by atoms with Crippen LogP contribution in [0.2, 0.25) is 0 Å². The summed E-state index contributed by atoms with van der Waals surface area (Å²) in [6.45, 7) is 1.74. The highest BCUT2D eigenvalue weighted by Crippen LogP contribution is 2.15. The molecule has 0 saturated carbocycles. The molecule has 1 saturated heterocycles. The van der Waals surface area contributed by atoms with Gasteiger partial charge >= 0.3 is 12.0 Å². The van der Waals surface area contributed by atoms with Gasteiger partial charge in [-0.3, -0.25) is 4.68 Å². The van der Waals surface area contributed by atoms with Crippen LogP contribution in [-0.4, -0.2) is 58.0 Å².